The van der Waals surface area contributed by atoms with Gasteiger partial charge in [0.25, 0.3) is 0 Å². The lowest BCUT2D eigenvalue weighted by atomic mass is 9.99. The SMILES string of the molecule is CC(C)(CCO)Nc1ccc2c(c1)Cc1ccccc1-2. The molecule has 0 radical (unpaired) electrons. The van der Waals surface area contributed by atoms with Crippen molar-refractivity contribution in [1.29, 1.82) is 0 Å². The predicted molar refractivity (Wildman–Crippen MR) is 84.1 cm³/mol. The van der Waals surface area contributed by atoms with Crippen molar-refractivity contribution in [3.63, 3.8) is 0 Å². The minimum absolute atomic E-state index is 0.0888. The standard InChI is InChI=1S/C18H21NO/c1-18(2,9-10-20)19-15-7-8-17-14(12-15)11-13-5-3-4-6-16(13)17/h3-8,12,19-20H,9-11H2,1-2H3. The lowest BCUT2D eigenvalue weighted by Crippen LogP contribution is -2.31. The summed E-state index contributed by atoms with van der Waals surface area (Å²) in [4.78, 5) is 0. The lowest BCUT2D eigenvalue weighted by molar-refractivity contribution is 0.261. The average Bonchev–Trinajstić information content (AvgIpc) is 2.75. The summed E-state index contributed by atoms with van der Waals surface area (Å²) in [6, 6.07) is 15.2. The van der Waals surface area contributed by atoms with Crippen LogP contribution in [0.1, 0.15) is 31.4 Å². The monoisotopic (exact) mass is 267 g/mol. The molecule has 0 aliphatic heterocycles. The van der Waals surface area contributed by atoms with Crippen molar-refractivity contribution in [3.05, 3.63) is 53.6 Å². The molecule has 1 aliphatic rings. The Morgan fingerprint density at radius 3 is 2.60 bits per heavy atom. The van der Waals surface area contributed by atoms with Gasteiger partial charge in [0.05, 0.1) is 0 Å². The summed E-state index contributed by atoms with van der Waals surface area (Å²) < 4.78 is 0. The molecule has 3 rings (SSSR count). The molecule has 0 unspecified atom stereocenters. The first-order chi connectivity index (χ1) is 9.59. The summed E-state index contributed by atoms with van der Waals surface area (Å²) in [6.07, 6.45) is 1.76. The van der Waals surface area contributed by atoms with Crippen molar-refractivity contribution in [1.82, 2.24) is 0 Å². The first-order valence-corrected chi connectivity index (χ1v) is 7.19. The number of anilines is 1. The molecule has 0 aromatic heterocycles. The zero-order chi connectivity index (χ0) is 14.2. The van der Waals surface area contributed by atoms with Crippen LogP contribution in [0.3, 0.4) is 0 Å². The molecule has 2 nitrogen and oxygen atoms in total. The largest absolute Gasteiger partial charge is 0.396 e. The summed E-state index contributed by atoms with van der Waals surface area (Å²) in [6.45, 7) is 4.44. The van der Waals surface area contributed by atoms with E-state index < -0.39 is 0 Å². The van der Waals surface area contributed by atoms with Gasteiger partial charge in [0, 0.05) is 17.8 Å². The van der Waals surface area contributed by atoms with Crippen LogP contribution in [0.2, 0.25) is 0 Å². The van der Waals surface area contributed by atoms with E-state index in [-0.39, 0.29) is 12.1 Å². The first-order valence-electron chi connectivity index (χ1n) is 7.19. The van der Waals surface area contributed by atoms with Crippen LogP contribution >= 0.6 is 0 Å². The summed E-state index contributed by atoms with van der Waals surface area (Å²) in [5.41, 5.74) is 6.56. The fraction of sp³-hybridized carbons (Fsp3) is 0.333. The van der Waals surface area contributed by atoms with E-state index in [0.717, 1.165) is 18.5 Å². The highest BCUT2D eigenvalue weighted by atomic mass is 16.3. The molecule has 2 aromatic carbocycles. The fourth-order valence-corrected chi connectivity index (χ4v) is 2.96. The van der Waals surface area contributed by atoms with Gasteiger partial charge in [-0.25, -0.2) is 0 Å². The van der Waals surface area contributed by atoms with Gasteiger partial charge >= 0.3 is 0 Å². The van der Waals surface area contributed by atoms with Gasteiger partial charge in [-0.15, -0.1) is 0 Å². The molecule has 0 amide bonds. The van der Waals surface area contributed by atoms with Gasteiger partial charge < -0.3 is 10.4 Å². The van der Waals surface area contributed by atoms with Gasteiger partial charge in [0.1, 0.15) is 0 Å². The molecule has 0 atom stereocenters. The van der Waals surface area contributed by atoms with Crippen LogP contribution in [0.5, 0.6) is 0 Å². The number of aliphatic hydroxyl groups excluding tert-OH is 1. The van der Waals surface area contributed by atoms with Gasteiger partial charge in [-0.05, 0) is 61.1 Å². The summed E-state index contributed by atoms with van der Waals surface area (Å²) in [5, 5.41) is 12.6. The minimum Gasteiger partial charge on any atom is -0.396 e. The number of nitrogens with one attached hydrogen (secondary N) is 1. The Bertz CT molecular complexity index is 631. The number of aliphatic hydroxyl groups is 1. The highest BCUT2D eigenvalue weighted by Gasteiger charge is 2.20. The molecule has 0 fully saturated rings. The molecule has 2 heteroatoms. The van der Waals surface area contributed by atoms with E-state index in [2.05, 4.69) is 61.6 Å². The van der Waals surface area contributed by atoms with Crippen LogP contribution in [0.4, 0.5) is 5.69 Å². The maximum Gasteiger partial charge on any atom is 0.0453 e. The molecule has 2 N–H and O–H groups in total. The number of benzene rings is 2. The molecule has 0 saturated carbocycles. The van der Waals surface area contributed by atoms with Gasteiger partial charge in [0.2, 0.25) is 0 Å². The molecule has 0 bridgehead atoms. The minimum atomic E-state index is -0.0888. The molecule has 20 heavy (non-hydrogen) atoms. The summed E-state index contributed by atoms with van der Waals surface area (Å²) >= 11 is 0. The number of rotatable bonds is 4. The van der Waals surface area contributed by atoms with Crippen molar-refractivity contribution in [2.45, 2.75) is 32.2 Å². The van der Waals surface area contributed by atoms with Crippen molar-refractivity contribution < 1.29 is 5.11 Å². The second kappa shape index (κ2) is 4.95. The smallest absolute Gasteiger partial charge is 0.0453 e. The Hall–Kier alpha value is -1.80. The van der Waals surface area contributed by atoms with Crippen molar-refractivity contribution in [3.8, 4) is 11.1 Å². The van der Waals surface area contributed by atoms with E-state index in [4.69, 9.17) is 5.11 Å². The van der Waals surface area contributed by atoms with Gasteiger partial charge in [-0.2, -0.15) is 0 Å². The highest BCUT2D eigenvalue weighted by molar-refractivity contribution is 5.78. The number of hydrogen-bond donors (Lipinski definition) is 2. The van der Waals surface area contributed by atoms with Gasteiger partial charge in [-0.1, -0.05) is 30.3 Å². The van der Waals surface area contributed by atoms with Crippen LogP contribution in [-0.2, 0) is 6.42 Å². The third kappa shape index (κ3) is 2.44. The van der Waals surface area contributed by atoms with Crippen LogP contribution in [0, 0.1) is 0 Å². The van der Waals surface area contributed by atoms with Crippen molar-refractivity contribution in [2.75, 3.05) is 11.9 Å². The van der Waals surface area contributed by atoms with E-state index in [1.54, 1.807) is 0 Å². The van der Waals surface area contributed by atoms with Gasteiger partial charge in [-0.3, -0.25) is 0 Å². The van der Waals surface area contributed by atoms with Crippen molar-refractivity contribution in [2.24, 2.45) is 0 Å². The molecule has 0 heterocycles. The zero-order valence-electron chi connectivity index (χ0n) is 12.1. The second-order valence-corrected chi connectivity index (χ2v) is 6.19. The lowest BCUT2D eigenvalue weighted by Gasteiger charge is -2.27. The van der Waals surface area contributed by atoms with E-state index in [1.165, 1.54) is 22.3 Å². The van der Waals surface area contributed by atoms with Crippen LogP contribution < -0.4 is 5.32 Å². The molecular formula is C18H21NO. The van der Waals surface area contributed by atoms with Crippen LogP contribution in [-0.4, -0.2) is 17.3 Å². The Kier molecular flexibility index (Phi) is 3.27. The molecule has 1 aliphatic carbocycles. The second-order valence-electron chi connectivity index (χ2n) is 6.19. The Balaban J connectivity index is 1.88. The average molecular weight is 267 g/mol. The van der Waals surface area contributed by atoms with E-state index in [0.29, 0.717) is 0 Å². The Morgan fingerprint density at radius 1 is 1.05 bits per heavy atom. The summed E-state index contributed by atoms with van der Waals surface area (Å²) in [5.74, 6) is 0. The van der Waals surface area contributed by atoms with E-state index in [1.807, 2.05) is 0 Å². The maximum absolute atomic E-state index is 9.11. The molecular weight excluding hydrogens is 246 g/mol. The number of fused-ring (bicyclic) bond motifs is 3. The zero-order valence-corrected chi connectivity index (χ0v) is 12.1. The topological polar surface area (TPSA) is 32.3 Å². The van der Waals surface area contributed by atoms with E-state index in [9.17, 15) is 0 Å². The Labute approximate surface area is 120 Å². The predicted octanol–water partition coefficient (Wildman–Crippen LogP) is 3.83. The Morgan fingerprint density at radius 2 is 1.80 bits per heavy atom. The third-order valence-electron chi connectivity index (χ3n) is 4.01. The van der Waals surface area contributed by atoms with E-state index >= 15 is 0 Å². The van der Waals surface area contributed by atoms with Crippen LogP contribution in [0.15, 0.2) is 42.5 Å². The van der Waals surface area contributed by atoms with Gasteiger partial charge in [0.15, 0.2) is 0 Å². The highest BCUT2D eigenvalue weighted by Crippen LogP contribution is 2.38. The summed E-state index contributed by atoms with van der Waals surface area (Å²) in [7, 11) is 0. The molecule has 104 valence electrons. The maximum atomic E-state index is 9.11. The third-order valence-corrected chi connectivity index (χ3v) is 4.01. The molecule has 0 spiro atoms. The van der Waals surface area contributed by atoms with Crippen LogP contribution in [0.25, 0.3) is 11.1 Å². The normalized spacial score (nSPS) is 12.9. The molecule has 2 aromatic rings. The fourth-order valence-electron chi connectivity index (χ4n) is 2.96. The molecule has 0 saturated heterocycles. The van der Waals surface area contributed by atoms with Crippen molar-refractivity contribution >= 4 is 5.69 Å². The first kappa shape index (κ1) is 13.2. The number of hydrogen-bond acceptors (Lipinski definition) is 2. The quantitative estimate of drug-likeness (QED) is 0.753.